The van der Waals surface area contributed by atoms with Gasteiger partial charge >= 0.3 is 0 Å². The summed E-state index contributed by atoms with van der Waals surface area (Å²) in [6, 6.07) is 13.9. The van der Waals surface area contributed by atoms with Gasteiger partial charge in [-0.1, -0.05) is 35.5 Å². The highest BCUT2D eigenvalue weighted by Gasteiger charge is 2.32. The molecule has 1 aromatic heterocycles. The van der Waals surface area contributed by atoms with Crippen molar-refractivity contribution in [3.8, 4) is 5.75 Å². The van der Waals surface area contributed by atoms with Crippen LogP contribution in [0.4, 0.5) is 5.69 Å². The second-order valence-electron chi connectivity index (χ2n) is 6.81. The Labute approximate surface area is 183 Å². The molecule has 4 rings (SSSR count). The lowest BCUT2D eigenvalue weighted by atomic mass is 10.1. The Morgan fingerprint density at radius 1 is 1.20 bits per heavy atom. The number of amides is 1. The summed E-state index contributed by atoms with van der Waals surface area (Å²) in [5, 5.41) is 9.71. The van der Waals surface area contributed by atoms with Gasteiger partial charge in [0.25, 0.3) is 5.91 Å². The molecule has 0 unspecified atom stereocenters. The van der Waals surface area contributed by atoms with E-state index in [-0.39, 0.29) is 30.1 Å². The van der Waals surface area contributed by atoms with Gasteiger partial charge in [-0.05, 0) is 43.3 Å². The molecule has 0 saturated carbocycles. The zero-order chi connectivity index (χ0) is 21.3. The Balaban J connectivity index is 1.51. The van der Waals surface area contributed by atoms with Crippen LogP contribution < -0.4 is 9.64 Å². The third kappa shape index (κ3) is 3.93. The minimum Gasteiger partial charge on any atom is -0.482 e. The lowest BCUT2D eigenvalue weighted by Gasteiger charge is -2.33. The molecule has 0 bridgehead atoms. The number of carbonyl (C=O) groups is 2. The zero-order valence-corrected chi connectivity index (χ0v) is 18.0. The number of aromatic nitrogens is 3. The normalized spacial score (nSPS) is 14.2. The fraction of sp³-hybridized carbons (Fsp3) is 0.238. The van der Waals surface area contributed by atoms with E-state index in [1.807, 2.05) is 42.8 Å². The number of hydrogen-bond acceptors (Lipinski definition) is 6. The maximum absolute atomic E-state index is 12.6. The third-order valence-corrected chi connectivity index (χ3v) is 6.14. The lowest BCUT2D eigenvalue weighted by molar-refractivity contribution is -0.121. The molecular formula is C21H19ClN4O3S. The zero-order valence-electron chi connectivity index (χ0n) is 16.4. The van der Waals surface area contributed by atoms with Crippen LogP contribution in [0.1, 0.15) is 29.1 Å². The van der Waals surface area contributed by atoms with Crippen LogP contribution in [0.2, 0.25) is 5.02 Å². The average molecular weight is 443 g/mol. The number of para-hydroxylation sites is 2. The summed E-state index contributed by atoms with van der Waals surface area (Å²) >= 11 is 7.18. The van der Waals surface area contributed by atoms with Crippen molar-refractivity contribution in [2.45, 2.75) is 18.1 Å². The number of anilines is 1. The Hall–Kier alpha value is -2.84. The van der Waals surface area contributed by atoms with Gasteiger partial charge in [-0.15, -0.1) is 10.2 Å². The number of fused-ring (bicyclic) bond motifs is 1. The SMILES string of the molecule is C[C@@H](c1nnc(SCC(=O)c2ccc(Cl)cc2)n1C)N1C(=O)COc2ccccc21. The van der Waals surface area contributed by atoms with Gasteiger partial charge in [0.05, 0.1) is 17.5 Å². The monoisotopic (exact) mass is 442 g/mol. The molecule has 1 aliphatic heterocycles. The molecule has 0 spiro atoms. The summed E-state index contributed by atoms with van der Waals surface area (Å²) in [6.07, 6.45) is 0. The first-order valence-electron chi connectivity index (χ1n) is 9.30. The van der Waals surface area contributed by atoms with E-state index in [1.165, 1.54) is 11.8 Å². The minimum absolute atomic E-state index is 0.0175. The van der Waals surface area contributed by atoms with Crippen LogP contribution in [0.25, 0.3) is 0 Å². The van der Waals surface area contributed by atoms with Crippen LogP contribution >= 0.6 is 23.4 Å². The number of carbonyl (C=O) groups excluding carboxylic acids is 2. The van der Waals surface area contributed by atoms with E-state index in [0.29, 0.717) is 33.0 Å². The summed E-state index contributed by atoms with van der Waals surface area (Å²) in [6.45, 7) is 1.88. The fourth-order valence-corrected chi connectivity index (χ4v) is 4.27. The van der Waals surface area contributed by atoms with Crippen molar-refractivity contribution < 1.29 is 14.3 Å². The summed E-state index contributed by atoms with van der Waals surface area (Å²) < 4.78 is 7.33. The van der Waals surface area contributed by atoms with Crippen molar-refractivity contribution in [1.82, 2.24) is 14.8 Å². The van der Waals surface area contributed by atoms with Gasteiger partial charge in [0.15, 0.2) is 23.4 Å². The number of rotatable bonds is 6. The molecule has 2 aromatic carbocycles. The first-order chi connectivity index (χ1) is 14.5. The van der Waals surface area contributed by atoms with Crippen LogP contribution in [0.15, 0.2) is 53.7 Å². The van der Waals surface area contributed by atoms with Gasteiger partial charge in [0.1, 0.15) is 5.75 Å². The van der Waals surface area contributed by atoms with E-state index in [1.54, 1.807) is 29.2 Å². The van der Waals surface area contributed by atoms with Crippen LogP contribution in [0, 0.1) is 0 Å². The average Bonchev–Trinajstić information content (AvgIpc) is 3.12. The van der Waals surface area contributed by atoms with E-state index in [4.69, 9.17) is 16.3 Å². The van der Waals surface area contributed by atoms with Crippen molar-refractivity contribution in [1.29, 1.82) is 0 Å². The summed E-state index contributed by atoms with van der Waals surface area (Å²) in [5.41, 5.74) is 1.30. The second kappa shape index (κ2) is 8.49. The molecule has 0 N–H and O–H groups in total. The quantitative estimate of drug-likeness (QED) is 0.425. The number of thioether (sulfide) groups is 1. The summed E-state index contributed by atoms with van der Waals surface area (Å²) in [7, 11) is 1.83. The van der Waals surface area contributed by atoms with Crippen molar-refractivity contribution in [3.05, 3.63) is 64.9 Å². The van der Waals surface area contributed by atoms with E-state index in [0.717, 1.165) is 0 Å². The van der Waals surface area contributed by atoms with Gasteiger partial charge in [0.2, 0.25) is 0 Å². The van der Waals surface area contributed by atoms with Crippen LogP contribution in [0.3, 0.4) is 0 Å². The highest BCUT2D eigenvalue weighted by Crippen LogP contribution is 2.37. The largest absolute Gasteiger partial charge is 0.482 e. The van der Waals surface area contributed by atoms with Crippen molar-refractivity contribution in [2.75, 3.05) is 17.3 Å². The molecule has 0 radical (unpaired) electrons. The molecule has 2 heterocycles. The number of Topliss-reactive ketones (excluding diaryl/α,β-unsaturated/α-hetero) is 1. The molecule has 1 aliphatic rings. The Morgan fingerprint density at radius 2 is 1.93 bits per heavy atom. The third-order valence-electron chi connectivity index (χ3n) is 4.87. The second-order valence-corrected chi connectivity index (χ2v) is 8.19. The Kier molecular flexibility index (Phi) is 5.78. The summed E-state index contributed by atoms with van der Waals surface area (Å²) in [4.78, 5) is 26.7. The maximum atomic E-state index is 12.6. The fourth-order valence-electron chi connectivity index (χ4n) is 3.33. The number of halogens is 1. The first kappa shape index (κ1) is 20.4. The van der Waals surface area contributed by atoms with E-state index in [2.05, 4.69) is 10.2 Å². The molecule has 3 aromatic rings. The van der Waals surface area contributed by atoms with Crippen LogP contribution in [0.5, 0.6) is 5.75 Å². The maximum Gasteiger partial charge on any atom is 0.265 e. The Morgan fingerprint density at radius 3 is 2.70 bits per heavy atom. The molecule has 0 aliphatic carbocycles. The molecule has 1 atom stereocenters. The van der Waals surface area contributed by atoms with E-state index < -0.39 is 0 Å². The molecule has 30 heavy (non-hydrogen) atoms. The molecule has 7 nitrogen and oxygen atoms in total. The minimum atomic E-state index is -0.346. The molecule has 9 heteroatoms. The first-order valence-corrected chi connectivity index (χ1v) is 10.7. The Bertz CT molecular complexity index is 1100. The number of nitrogens with zero attached hydrogens (tertiary/aromatic N) is 4. The standard InChI is InChI=1S/C21H19ClN4O3S/c1-13(26-16-5-3-4-6-18(16)29-11-19(26)28)20-23-24-21(25(20)2)30-12-17(27)14-7-9-15(22)10-8-14/h3-10,13H,11-12H2,1-2H3/t13-/m0/s1. The highest BCUT2D eigenvalue weighted by molar-refractivity contribution is 7.99. The molecule has 1 amide bonds. The van der Waals surface area contributed by atoms with Gasteiger partial charge in [-0.2, -0.15) is 0 Å². The number of ether oxygens (including phenoxy) is 1. The summed E-state index contributed by atoms with van der Waals surface area (Å²) in [5.74, 6) is 1.35. The predicted octanol–water partition coefficient (Wildman–Crippen LogP) is 3.93. The van der Waals surface area contributed by atoms with E-state index >= 15 is 0 Å². The van der Waals surface area contributed by atoms with Gasteiger partial charge in [0, 0.05) is 17.6 Å². The number of hydrogen-bond donors (Lipinski definition) is 0. The molecule has 0 fully saturated rings. The molecular weight excluding hydrogens is 424 g/mol. The van der Waals surface area contributed by atoms with E-state index in [9.17, 15) is 9.59 Å². The van der Waals surface area contributed by atoms with Crippen molar-refractivity contribution in [2.24, 2.45) is 7.05 Å². The van der Waals surface area contributed by atoms with Crippen molar-refractivity contribution >= 4 is 40.7 Å². The highest BCUT2D eigenvalue weighted by atomic mass is 35.5. The van der Waals surface area contributed by atoms with Gasteiger partial charge in [-0.25, -0.2) is 0 Å². The van der Waals surface area contributed by atoms with Crippen LogP contribution in [-0.4, -0.2) is 38.8 Å². The number of ketones is 1. The molecule has 154 valence electrons. The topological polar surface area (TPSA) is 77.3 Å². The predicted molar refractivity (Wildman–Crippen MR) is 115 cm³/mol. The van der Waals surface area contributed by atoms with Gasteiger partial charge in [-0.3, -0.25) is 14.5 Å². The molecule has 0 saturated heterocycles. The van der Waals surface area contributed by atoms with Gasteiger partial charge < -0.3 is 9.30 Å². The smallest absolute Gasteiger partial charge is 0.265 e. The number of benzene rings is 2. The van der Waals surface area contributed by atoms with Crippen LogP contribution in [-0.2, 0) is 11.8 Å². The lowest BCUT2D eigenvalue weighted by Crippen LogP contribution is -2.41. The van der Waals surface area contributed by atoms with Crippen molar-refractivity contribution in [3.63, 3.8) is 0 Å².